The van der Waals surface area contributed by atoms with Crippen molar-refractivity contribution >= 4 is 27.3 Å². The van der Waals surface area contributed by atoms with Crippen molar-refractivity contribution in [2.45, 2.75) is 37.7 Å². The minimum atomic E-state index is -1.36. The van der Waals surface area contributed by atoms with Crippen LogP contribution in [0.2, 0.25) is 0 Å². The first-order valence-electron chi connectivity index (χ1n) is 5.57. The van der Waals surface area contributed by atoms with E-state index in [1.54, 1.807) is 6.20 Å². The molecule has 1 atom stereocenters. The number of hydrogen-bond donors (Lipinski definition) is 1. The van der Waals surface area contributed by atoms with Crippen LogP contribution < -0.4 is 0 Å². The molecule has 1 fully saturated rings. The van der Waals surface area contributed by atoms with Crippen molar-refractivity contribution in [2.24, 2.45) is 5.92 Å². The first kappa shape index (κ1) is 12.5. The van der Waals surface area contributed by atoms with Gasteiger partial charge in [0.2, 0.25) is 0 Å². The third-order valence-corrected chi connectivity index (χ3v) is 4.98. The quantitative estimate of drug-likeness (QED) is 0.925. The molecule has 1 saturated carbocycles. The molecule has 0 radical (unpaired) electrons. The number of thiazole rings is 1. The molecular weight excluding hydrogens is 293 g/mol. The zero-order valence-corrected chi connectivity index (χ0v) is 11.4. The Balaban J connectivity index is 2.23. The van der Waals surface area contributed by atoms with Gasteiger partial charge in [0.05, 0.1) is 9.98 Å². The van der Waals surface area contributed by atoms with Gasteiger partial charge in [-0.15, -0.1) is 11.3 Å². The van der Waals surface area contributed by atoms with Crippen molar-refractivity contribution in [2.75, 3.05) is 6.67 Å². The maximum absolute atomic E-state index is 13.2. The molecule has 1 aliphatic rings. The monoisotopic (exact) mass is 307 g/mol. The smallest absolute Gasteiger partial charge is 0.147 e. The molecular formula is C11H15BrFNOS. The summed E-state index contributed by atoms with van der Waals surface area (Å²) in [5.41, 5.74) is -1.36. The van der Waals surface area contributed by atoms with Gasteiger partial charge in [-0.05, 0) is 34.7 Å². The van der Waals surface area contributed by atoms with Gasteiger partial charge in [0.1, 0.15) is 17.3 Å². The van der Waals surface area contributed by atoms with Gasteiger partial charge in [-0.25, -0.2) is 9.37 Å². The van der Waals surface area contributed by atoms with Crippen molar-refractivity contribution in [1.82, 2.24) is 4.98 Å². The van der Waals surface area contributed by atoms with Gasteiger partial charge in [0, 0.05) is 0 Å². The molecule has 1 N–H and O–H groups in total. The number of rotatable bonds is 3. The van der Waals surface area contributed by atoms with E-state index in [4.69, 9.17) is 0 Å². The fourth-order valence-electron chi connectivity index (χ4n) is 2.38. The summed E-state index contributed by atoms with van der Waals surface area (Å²) in [5, 5.41) is 11.0. The maximum Gasteiger partial charge on any atom is 0.147 e. The van der Waals surface area contributed by atoms with Crippen LogP contribution in [0, 0.1) is 5.92 Å². The van der Waals surface area contributed by atoms with Crippen LogP contribution in [0.15, 0.2) is 9.98 Å². The largest absolute Gasteiger partial charge is 0.380 e. The summed E-state index contributed by atoms with van der Waals surface area (Å²) in [5.74, 6) is 0.0179. The van der Waals surface area contributed by atoms with E-state index in [-0.39, 0.29) is 5.92 Å². The van der Waals surface area contributed by atoms with Gasteiger partial charge in [-0.3, -0.25) is 0 Å². The summed E-state index contributed by atoms with van der Waals surface area (Å²) in [7, 11) is 0. The van der Waals surface area contributed by atoms with Gasteiger partial charge in [-0.1, -0.05) is 19.3 Å². The molecule has 2 rings (SSSR count). The van der Waals surface area contributed by atoms with Gasteiger partial charge < -0.3 is 5.11 Å². The van der Waals surface area contributed by atoms with Crippen LogP contribution in [0.5, 0.6) is 0 Å². The predicted octanol–water partition coefficient (Wildman–Crippen LogP) is 3.64. The zero-order valence-electron chi connectivity index (χ0n) is 8.96. The van der Waals surface area contributed by atoms with E-state index >= 15 is 0 Å². The lowest BCUT2D eigenvalue weighted by Gasteiger charge is -2.34. The molecule has 0 saturated heterocycles. The molecule has 1 unspecified atom stereocenters. The van der Waals surface area contributed by atoms with E-state index < -0.39 is 12.3 Å². The van der Waals surface area contributed by atoms with Gasteiger partial charge in [0.15, 0.2) is 0 Å². The molecule has 1 aromatic rings. The molecule has 16 heavy (non-hydrogen) atoms. The molecule has 2 nitrogen and oxygen atoms in total. The molecule has 1 aliphatic carbocycles. The normalized spacial score (nSPS) is 21.9. The number of nitrogens with zero attached hydrogens (tertiary/aromatic N) is 1. The Hall–Kier alpha value is -0.0000000000000000833. The minimum Gasteiger partial charge on any atom is -0.380 e. The molecule has 0 aromatic carbocycles. The first-order chi connectivity index (χ1) is 7.66. The summed E-state index contributed by atoms with van der Waals surface area (Å²) in [6.07, 6.45) is 6.79. The second kappa shape index (κ2) is 5.10. The highest BCUT2D eigenvalue weighted by Gasteiger charge is 2.41. The first-order valence-corrected chi connectivity index (χ1v) is 7.18. The fourth-order valence-corrected chi connectivity index (χ4v) is 3.73. The van der Waals surface area contributed by atoms with Crippen LogP contribution in [0.3, 0.4) is 0 Å². The van der Waals surface area contributed by atoms with Gasteiger partial charge in [-0.2, -0.15) is 0 Å². The Bertz CT molecular complexity index is 354. The van der Waals surface area contributed by atoms with Crippen LogP contribution in [0.1, 0.15) is 37.1 Å². The number of alkyl halides is 1. The van der Waals surface area contributed by atoms with Crippen LogP contribution in [0.25, 0.3) is 0 Å². The van der Waals surface area contributed by atoms with E-state index in [0.29, 0.717) is 5.01 Å². The average Bonchev–Trinajstić information content (AvgIpc) is 2.76. The highest BCUT2D eigenvalue weighted by molar-refractivity contribution is 9.11. The fraction of sp³-hybridized carbons (Fsp3) is 0.727. The van der Waals surface area contributed by atoms with Gasteiger partial charge >= 0.3 is 0 Å². The third kappa shape index (κ3) is 2.31. The molecule has 0 aliphatic heterocycles. The molecule has 1 aromatic heterocycles. The lowest BCUT2D eigenvalue weighted by Crippen LogP contribution is -2.38. The van der Waals surface area contributed by atoms with Crippen LogP contribution in [0.4, 0.5) is 4.39 Å². The van der Waals surface area contributed by atoms with E-state index in [9.17, 15) is 9.50 Å². The summed E-state index contributed by atoms with van der Waals surface area (Å²) in [6, 6.07) is 0. The number of hydrogen-bond acceptors (Lipinski definition) is 3. The van der Waals surface area contributed by atoms with Crippen molar-refractivity contribution in [1.29, 1.82) is 0 Å². The topological polar surface area (TPSA) is 33.1 Å². The molecule has 0 bridgehead atoms. The average molecular weight is 308 g/mol. The highest BCUT2D eigenvalue weighted by Crippen LogP contribution is 2.41. The standard InChI is InChI=1S/C11H15BrFNOS/c12-9-6-14-10(16-9)11(15,7-13)8-4-2-1-3-5-8/h6,8,15H,1-5,7H2. The SMILES string of the molecule is OC(CF)(c1ncc(Br)s1)C1CCCCC1. The second-order valence-electron chi connectivity index (χ2n) is 4.36. The van der Waals surface area contributed by atoms with E-state index in [1.807, 2.05) is 0 Å². The lowest BCUT2D eigenvalue weighted by atomic mass is 9.78. The van der Waals surface area contributed by atoms with E-state index in [0.717, 1.165) is 29.5 Å². The zero-order chi connectivity index (χ0) is 11.6. The van der Waals surface area contributed by atoms with Crippen LogP contribution in [-0.2, 0) is 5.60 Å². The Labute approximate surface area is 107 Å². The van der Waals surface area contributed by atoms with E-state index in [1.165, 1.54) is 17.8 Å². The number of aliphatic hydroxyl groups is 1. The van der Waals surface area contributed by atoms with Crippen LogP contribution >= 0.6 is 27.3 Å². The van der Waals surface area contributed by atoms with Crippen molar-refractivity contribution in [3.8, 4) is 0 Å². The Morgan fingerprint density at radius 3 is 2.69 bits per heavy atom. The van der Waals surface area contributed by atoms with Crippen molar-refractivity contribution in [3.05, 3.63) is 15.0 Å². The van der Waals surface area contributed by atoms with Crippen molar-refractivity contribution < 1.29 is 9.50 Å². The maximum atomic E-state index is 13.2. The predicted molar refractivity (Wildman–Crippen MR) is 66.3 cm³/mol. The van der Waals surface area contributed by atoms with E-state index in [2.05, 4.69) is 20.9 Å². The molecule has 5 heteroatoms. The Kier molecular flexibility index (Phi) is 3.97. The molecule has 0 spiro atoms. The van der Waals surface area contributed by atoms with Crippen LogP contribution in [-0.4, -0.2) is 16.8 Å². The van der Waals surface area contributed by atoms with Crippen molar-refractivity contribution in [3.63, 3.8) is 0 Å². The Morgan fingerprint density at radius 2 is 2.19 bits per heavy atom. The summed E-state index contributed by atoms with van der Waals surface area (Å²) < 4.78 is 14.1. The van der Waals surface area contributed by atoms with Gasteiger partial charge in [0.25, 0.3) is 0 Å². The summed E-state index contributed by atoms with van der Waals surface area (Å²) in [4.78, 5) is 4.12. The lowest BCUT2D eigenvalue weighted by molar-refractivity contribution is -0.0572. The molecule has 90 valence electrons. The highest BCUT2D eigenvalue weighted by atomic mass is 79.9. The Morgan fingerprint density at radius 1 is 1.50 bits per heavy atom. The summed E-state index contributed by atoms with van der Waals surface area (Å²) in [6.45, 7) is -0.738. The second-order valence-corrected chi connectivity index (χ2v) is 6.77. The number of aromatic nitrogens is 1. The molecule has 1 heterocycles. The number of halogens is 2. The minimum absolute atomic E-state index is 0.0179. The summed E-state index contributed by atoms with van der Waals surface area (Å²) >= 11 is 4.63. The molecule has 0 amide bonds. The third-order valence-electron chi connectivity index (χ3n) is 3.33.